The van der Waals surface area contributed by atoms with Crippen molar-refractivity contribution in [3.8, 4) is 0 Å². The summed E-state index contributed by atoms with van der Waals surface area (Å²) in [6.07, 6.45) is 0.784. The Labute approximate surface area is 177 Å². The SMILES string of the molecule is Cc1cccc2nc(C[P+](c3ccccc3)(c3ccccc3)c3ccccc3)nn12. The van der Waals surface area contributed by atoms with Gasteiger partial charge in [0.2, 0.25) is 0 Å². The lowest BCUT2D eigenvalue weighted by Crippen LogP contribution is -2.32. The molecule has 0 N–H and O–H groups in total. The van der Waals surface area contributed by atoms with Crippen LogP contribution in [0.15, 0.2) is 109 Å². The Morgan fingerprint density at radius 1 is 0.633 bits per heavy atom. The second kappa shape index (κ2) is 7.85. The molecule has 0 amide bonds. The van der Waals surface area contributed by atoms with Crippen molar-refractivity contribution >= 4 is 28.8 Å². The molecule has 0 aliphatic rings. The first kappa shape index (κ1) is 18.7. The smallest absolute Gasteiger partial charge is 0.190 e. The summed E-state index contributed by atoms with van der Waals surface area (Å²) in [4.78, 5) is 4.91. The molecular formula is C26H23N3P+. The standard InChI is InChI=1S/C26H23N3P/c1-21-12-11-19-26-27-25(28-29(21)26)20-30(22-13-5-2-6-14-22,23-15-7-3-8-16-23)24-17-9-4-10-18-24/h2-19H,20H2,1H3/q+1. The highest BCUT2D eigenvalue weighted by molar-refractivity contribution is 7.95. The van der Waals surface area contributed by atoms with Gasteiger partial charge in [-0.25, -0.2) is 9.50 Å². The summed E-state index contributed by atoms with van der Waals surface area (Å²) in [5, 5.41) is 8.94. The monoisotopic (exact) mass is 408 g/mol. The average Bonchev–Trinajstić information content (AvgIpc) is 3.23. The normalized spacial score (nSPS) is 11.6. The van der Waals surface area contributed by atoms with Crippen LogP contribution in [-0.2, 0) is 6.16 Å². The van der Waals surface area contributed by atoms with Crippen molar-refractivity contribution in [2.75, 3.05) is 0 Å². The lowest BCUT2D eigenvalue weighted by molar-refractivity contribution is 0.886. The molecule has 0 saturated carbocycles. The molecule has 3 aromatic carbocycles. The van der Waals surface area contributed by atoms with Crippen LogP contribution in [0.1, 0.15) is 11.5 Å². The Bertz CT molecular complexity index is 1170. The molecule has 0 aliphatic heterocycles. The fourth-order valence-corrected chi connectivity index (χ4v) is 8.17. The maximum atomic E-state index is 4.91. The summed E-state index contributed by atoms with van der Waals surface area (Å²) >= 11 is 0. The van der Waals surface area contributed by atoms with E-state index in [4.69, 9.17) is 10.1 Å². The van der Waals surface area contributed by atoms with Crippen LogP contribution in [0.4, 0.5) is 0 Å². The van der Waals surface area contributed by atoms with E-state index in [1.54, 1.807) is 0 Å². The minimum atomic E-state index is -1.98. The Morgan fingerprint density at radius 3 is 1.60 bits per heavy atom. The van der Waals surface area contributed by atoms with Crippen molar-refractivity contribution in [2.24, 2.45) is 0 Å². The van der Waals surface area contributed by atoms with Crippen LogP contribution < -0.4 is 15.9 Å². The van der Waals surface area contributed by atoms with Gasteiger partial charge in [-0.05, 0) is 55.5 Å². The Hall–Kier alpha value is -3.29. The van der Waals surface area contributed by atoms with Gasteiger partial charge in [0.05, 0.1) is 0 Å². The van der Waals surface area contributed by atoms with Crippen LogP contribution in [0.3, 0.4) is 0 Å². The Balaban J connectivity index is 1.77. The number of fused-ring (bicyclic) bond motifs is 1. The Morgan fingerprint density at radius 2 is 1.13 bits per heavy atom. The molecule has 4 heteroatoms. The number of aryl methyl sites for hydroxylation is 1. The van der Waals surface area contributed by atoms with Crippen LogP contribution >= 0.6 is 7.26 Å². The van der Waals surface area contributed by atoms with E-state index in [0.29, 0.717) is 0 Å². The van der Waals surface area contributed by atoms with Gasteiger partial charge in [-0.15, -0.1) is 5.10 Å². The highest BCUT2D eigenvalue weighted by Crippen LogP contribution is 2.57. The van der Waals surface area contributed by atoms with Crippen molar-refractivity contribution < 1.29 is 0 Å². The molecule has 5 rings (SSSR count). The van der Waals surface area contributed by atoms with E-state index in [9.17, 15) is 0 Å². The van der Waals surface area contributed by atoms with Crippen molar-refractivity contribution in [3.05, 3.63) is 121 Å². The topological polar surface area (TPSA) is 30.2 Å². The molecule has 2 heterocycles. The van der Waals surface area contributed by atoms with Crippen LogP contribution in [0.2, 0.25) is 0 Å². The number of hydrogen-bond acceptors (Lipinski definition) is 2. The Kier molecular flexibility index (Phi) is 4.90. The molecular weight excluding hydrogens is 385 g/mol. The van der Waals surface area contributed by atoms with Gasteiger partial charge in [0.25, 0.3) is 0 Å². The zero-order valence-corrected chi connectivity index (χ0v) is 17.8. The van der Waals surface area contributed by atoms with Crippen molar-refractivity contribution in [2.45, 2.75) is 13.1 Å². The minimum absolute atomic E-state index is 0.784. The first-order valence-electron chi connectivity index (χ1n) is 10.1. The number of pyridine rings is 1. The van der Waals surface area contributed by atoms with Gasteiger partial charge >= 0.3 is 0 Å². The van der Waals surface area contributed by atoms with E-state index in [-0.39, 0.29) is 0 Å². The lowest BCUT2D eigenvalue weighted by atomic mass is 10.4. The lowest BCUT2D eigenvalue weighted by Gasteiger charge is -2.26. The van der Waals surface area contributed by atoms with E-state index < -0.39 is 7.26 Å². The first-order chi connectivity index (χ1) is 14.8. The van der Waals surface area contributed by atoms with Gasteiger partial charge in [-0.1, -0.05) is 60.7 Å². The molecule has 0 saturated heterocycles. The highest BCUT2D eigenvalue weighted by Gasteiger charge is 2.46. The van der Waals surface area contributed by atoms with Crippen molar-refractivity contribution in [3.63, 3.8) is 0 Å². The van der Waals surface area contributed by atoms with E-state index in [0.717, 1.165) is 23.3 Å². The molecule has 0 aliphatic carbocycles. The zero-order valence-electron chi connectivity index (χ0n) is 16.9. The summed E-state index contributed by atoms with van der Waals surface area (Å²) in [5.41, 5.74) is 1.99. The molecule has 0 bridgehead atoms. The molecule has 5 aromatic rings. The molecule has 0 radical (unpaired) electrons. The maximum Gasteiger partial charge on any atom is 0.190 e. The zero-order chi connectivity index (χ0) is 20.4. The van der Waals surface area contributed by atoms with Crippen LogP contribution in [-0.4, -0.2) is 14.6 Å². The molecule has 30 heavy (non-hydrogen) atoms. The van der Waals surface area contributed by atoms with Gasteiger partial charge in [0, 0.05) is 5.69 Å². The predicted octanol–water partition coefficient (Wildman–Crippen LogP) is 4.53. The summed E-state index contributed by atoms with van der Waals surface area (Å²) < 4.78 is 1.95. The van der Waals surface area contributed by atoms with Crippen LogP contribution in [0.25, 0.3) is 5.65 Å². The van der Waals surface area contributed by atoms with E-state index in [2.05, 4.69) is 104 Å². The van der Waals surface area contributed by atoms with Gasteiger partial charge in [-0.3, -0.25) is 0 Å². The summed E-state index contributed by atoms with van der Waals surface area (Å²) in [6.45, 7) is 2.07. The number of aromatic nitrogens is 3. The summed E-state index contributed by atoms with van der Waals surface area (Å²) in [6, 6.07) is 38.8. The average molecular weight is 408 g/mol. The molecule has 3 nitrogen and oxygen atoms in total. The van der Waals surface area contributed by atoms with Crippen molar-refractivity contribution in [1.29, 1.82) is 0 Å². The third-order valence-corrected chi connectivity index (χ3v) is 9.86. The first-order valence-corrected chi connectivity index (χ1v) is 12.1. The minimum Gasteiger partial charge on any atom is -0.218 e. The summed E-state index contributed by atoms with van der Waals surface area (Å²) in [5.74, 6) is 0.884. The van der Waals surface area contributed by atoms with E-state index >= 15 is 0 Å². The second-order valence-corrected chi connectivity index (χ2v) is 10.9. The van der Waals surface area contributed by atoms with Gasteiger partial charge in [0.15, 0.2) is 11.5 Å². The second-order valence-electron chi connectivity index (χ2n) is 7.44. The molecule has 0 atom stereocenters. The number of benzene rings is 3. The number of hydrogen-bond donors (Lipinski definition) is 0. The number of nitrogens with zero attached hydrogens (tertiary/aromatic N) is 3. The van der Waals surface area contributed by atoms with Gasteiger partial charge < -0.3 is 0 Å². The van der Waals surface area contributed by atoms with E-state index in [1.807, 2.05) is 16.6 Å². The number of rotatable bonds is 5. The van der Waals surface area contributed by atoms with Crippen molar-refractivity contribution in [1.82, 2.24) is 14.6 Å². The molecule has 0 spiro atoms. The molecule has 2 aromatic heterocycles. The quantitative estimate of drug-likeness (QED) is 0.400. The molecule has 146 valence electrons. The van der Waals surface area contributed by atoms with Crippen LogP contribution in [0, 0.1) is 6.92 Å². The molecule has 0 fully saturated rings. The van der Waals surface area contributed by atoms with Gasteiger partial charge in [0.1, 0.15) is 29.3 Å². The van der Waals surface area contributed by atoms with Gasteiger partial charge in [-0.2, -0.15) is 0 Å². The van der Waals surface area contributed by atoms with Crippen LogP contribution in [0.5, 0.6) is 0 Å². The fraction of sp³-hybridized carbons (Fsp3) is 0.0769. The maximum absolute atomic E-state index is 4.91. The third kappa shape index (κ3) is 3.22. The predicted molar refractivity (Wildman–Crippen MR) is 127 cm³/mol. The van der Waals surface area contributed by atoms with E-state index in [1.165, 1.54) is 15.9 Å². The largest absolute Gasteiger partial charge is 0.218 e. The third-order valence-electron chi connectivity index (χ3n) is 5.56. The highest BCUT2D eigenvalue weighted by atomic mass is 31.2. The summed E-state index contributed by atoms with van der Waals surface area (Å²) in [7, 11) is -1.98. The fourth-order valence-electron chi connectivity index (χ4n) is 4.13. The molecule has 0 unspecified atom stereocenters.